The van der Waals surface area contributed by atoms with Gasteiger partial charge in [-0.3, -0.25) is 13.6 Å². The van der Waals surface area contributed by atoms with E-state index in [9.17, 15) is 13.6 Å². The normalized spacial score (nSPS) is 30.5. The summed E-state index contributed by atoms with van der Waals surface area (Å²) in [7, 11) is 0. The molecule has 0 spiro atoms. The lowest BCUT2D eigenvalue weighted by molar-refractivity contribution is -0.122. The third-order valence-electron chi connectivity index (χ3n) is 1.93. The van der Waals surface area contributed by atoms with Crippen LogP contribution in [0.5, 0.6) is 0 Å². The Balaban J connectivity index is 2.36. The second-order valence-corrected chi connectivity index (χ2v) is 2.77. The summed E-state index contributed by atoms with van der Waals surface area (Å²) >= 11 is 0. The lowest BCUT2D eigenvalue weighted by Gasteiger charge is -2.04. The summed E-state index contributed by atoms with van der Waals surface area (Å²) in [6.45, 7) is -1.08. The lowest BCUT2D eigenvalue weighted by Crippen LogP contribution is -2.26. The molecule has 2 atom stereocenters. The van der Waals surface area contributed by atoms with Crippen LogP contribution in [-0.2, 0) is 4.79 Å². The van der Waals surface area contributed by atoms with Crippen molar-refractivity contribution in [1.82, 2.24) is 5.32 Å². The highest BCUT2D eigenvalue weighted by Gasteiger charge is 2.31. The maximum Gasteiger partial charge on any atom is 0.226 e. The molecule has 1 heterocycles. The first-order valence-corrected chi connectivity index (χ1v) is 3.70. The second-order valence-electron chi connectivity index (χ2n) is 2.77. The van der Waals surface area contributed by atoms with Crippen molar-refractivity contribution >= 4 is 5.91 Å². The zero-order chi connectivity index (χ0) is 8.27. The zero-order valence-electron chi connectivity index (χ0n) is 6.15. The van der Waals surface area contributed by atoms with E-state index >= 15 is 0 Å². The predicted octanol–water partition coefficient (Wildman–Crippen LogP) is 0.820. The average Bonchev–Trinajstić information content (AvgIpc) is 2.32. The topological polar surface area (TPSA) is 29.1 Å². The van der Waals surface area contributed by atoms with E-state index in [4.69, 9.17) is 0 Å². The van der Waals surface area contributed by atoms with Crippen LogP contribution in [0.15, 0.2) is 0 Å². The molecule has 0 saturated carbocycles. The SMILES string of the molecule is O=C1NC(CCF)CC1CF. The molecule has 1 aliphatic rings. The van der Waals surface area contributed by atoms with Crippen molar-refractivity contribution in [1.29, 1.82) is 0 Å². The molecular formula is C7H11F2NO. The number of carbonyl (C=O) groups is 1. The summed E-state index contributed by atoms with van der Waals surface area (Å²) in [5.74, 6) is -0.808. The molecule has 11 heavy (non-hydrogen) atoms. The molecule has 0 aliphatic carbocycles. The molecule has 1 amide bonds. The van der Waals surface area contributed by atoms with Crippen molar-refractivity contribution in [3.63, 3.8) is 0 Å². The van der Waals surface area contributed by atoms with Gasteiger partial charge in [-0.1, -0.05) is 0 Å². The highest BCUT2D eigenvalue weighted by atomic mass is 19.1. The number of carbonyl (C=O) groups excluding carboxylic acids is 1. The van der Waals surface area contributed by atoms with E-state index in [1.54, 1.807) is 0 Å². The number of alkyl halides is 2. The molecule has 64 valence electrons. The van der Waals surface area contributed by atoms with Crippen molar-refractivity contribution < 1.29 is 13.6 Å². The first-order chi connectivity index (χ1) is 5.27. The van der Waals surface area contributed by atoms with Gasteiger partial charge in [-0.25, -0.2) is 0 Å². The average molecular weight is 163 g/mol. The van der Waals surface area contributed by atoms with Gasteiger partial charge >= 0.3 is 0 Å². The van der Waals surface area contributed by atoms with E-state index in [1.165, 1.54) is 0 Å². The van der Waals surface area contributed by atoms with E-state index < -0.39 is 19.3 Å². The number of halogens is 2. The Hall–Kier alpha value is -0.670. The monoisotopic (exact) mass is 163 g/mol. The van der Waals surface area contributed by atoms with E-state index in [0.717, 1.165) is 0 Å². The Morgan fingerprint density at radius 1 is 1.55 bits per heavy atom. The number of rotatable bonds is 3. The number of nitrogens with one attached hydrogen (secondary N) is 1. The number of amides is 1. The lowest BCUT2D eigenvalue weighted by atomic mass is 10.1. The highest BCUT2D eigenvalue weighted by molar-refractivity contribution is 5.81. The predicted molar refractivity (Wildman–Crippen MR) is 36.6 cm³/mol. The standard InChI is InChI=1S/C7H11F2NO/c8-2-1-6-3-5(4-9)7(11)10-6/h5-6H,1-4H2,(H,10,11). The van der Waals surface area contributed by atoms with Crippen LogP contribution in [-0.4, -0.2) is 25.3 Å². The van der Waals surface area contributed by atoms with Crippen molar-refractivity contribution in [2.45, 2.75) is 18.9 Å². The fraction of sp³-hybridized carbons (Fsp3) is 0.857. The minimum atomic E-state index is -0.630. The fourth-order valence-electron chi connectivity index (χ4n) is 1.28. The van der Waals surface area contributed by atoms with Gasteiger partial charge in [0.2, 0.25) is 5.91 Å². The summed E-state index contributed by atoms with van der Waals surface area (Å²) in [5.41, 5.74) is 0. The van der Waals surface area contributed by atoms with Gasteiger partial charge in [-0.05, 0) is 12.8 Å². The third kappa shape index (κ3) is 1.88. The van der Waals surface area contributed by atoms with Crippen LogP contribution in [0.25, 0.3) is 0 Å². The van der Waals surface area contributed by atoms with Crippen molar-refractivity contribution in [2.24, 2.45) is 5.92 Å². The largest absolute Gasteiger partial charge is 0.353 e. The van der Waals surface area contributed by atoms with Gasteiger partial charge in [0, 0.05) is 6.04 Å². The van der Waals surface area contributed by atoms with Crippen LogP contribution < -0.4 is 5.32 Å². The van der Waals surface area contributed by atoms with Crippen molar-refractivity contribution in [3.8, 4) is 0 Å². The first-order valence-electron chi connectivity index (χ1n) is 3.70. The van der Waals surface area contributed by atoms with E-state index in [0.29, 0.717) is 12.8 Å². The molecule has 4 heteroatoms. The maximum absolute atomic E-state index is 12.0. The molecule has 0 radical (unpaired) electrons. The Morgan fingerprint density at radius 2 is 2.27 bits per heavy atom. The fourth-order valence-corrected chi connectivity index (χ4v) is 1.28. The van der Waals surface area contributed by atoms with Crippen LogP contribution in [0.2, 0.25) is 0 Å². The van der Waals surface area contributed by atoms with Gasteiger partial charge in [0.15, 0.2) is 0 Å². The second kappa shape index (κ2) is 3.64. The molecule has 1 saturated heterocycles. The molecule has 2 nitrogen and oxygen atoms in total. The van der Waals surface area contributed by atoms with Gasteiger partial charge in [0.25, 0.3) is 0 Å². The van der Waals surface area contributed by atoms with Gasteiger partial charge in [-0.15, -0.1) is 0 Å². The van der Waals surface area contributed by atoms with Gasteiger partial charge in [-0.2, -0.15) is 0 Å². The van der Waals surface area contributed by atoms with Crippen LogP contribution in [0.1, 0.15) is 12.8 Å². The Bertz CT molecular complexity index is 151. The highest BCUT2D eigenvalue weighted by Crippen LogP contribution is 2.17. The Morgan fingerprint density at radius 3 is 2.73 bits per heavy atom. The van der Waals surface area contributed by atoms with Crippen LogP contribution in [0.3, 0.4) is 0 Å². The minimum Gasteiger partial charge on any atom is -0.353 e. The molecule has 2 unspecified atom stereocenters. The molecule has 1 fully saturated rings. The summed E-state index contributed by atoms with van der Waals surface area (Å²) < 4.78 is 23.8. The van der Waals surface area contributed by atoms with Crippen LogP contribution in [0, 0.1) is 5.92 Å². The minimum absolute atomic E-state index is 0.145. The first kappa shape index (κ1) is 8.43. The molecule has 1 rings (SSSR count). The molecular weight excluding hydrogens is 152 g/mol. The molecule has 0 aromatic rings. The van der Waals surface area contributed by atoms with Gasteiger partial charge in [0.1, 0.15) is 6.67 Å². The summed E-state index contributed by atoms with van der Waals surface area (Å²) in [5, 5.41) is 2.54. The quantitative estimate of drug-likeness (QED) is 0.655. The molecule has 1 N–H and O–H groups in total. The van der Waals surface area contributed by atoms with Crippen molar-refractivity contribution in [2.75, 3.05) is 13.3 Å². The van der Waals surface area contributed by atoms with Crippen molar-refractivity contribution in [3.05, 3.63) is 0 Å². The van der Waals surface area contributed by atoms with Gasteiger partial charge < -0.3 is 5.32 Å². The van der Waals surface area contributed by atoms with E-state index in [-0.39, 0.29) is 11.9 Å². The Kier molecular flexibility index (Phi) is 2.79. The summed E-state index contributed by atoms with van der Waals surface area (Å²) in [4.78, 5) is 10.8. The maximum atomic E-state index is 12.0. The van der Waals surface area contributed by atoms with Crippen LogP contribution >= 0.6 is 0 Å². The summed E-state index contributed by atoms with van der Waals surface area (Å²) in [6, 6.07) is -0.145. The zero-order valence-corrected chi connectivity index (χ0v) is 6.15. The number of hydrogen-bond donors (Lipinski definition) is 1. The van der Waals surface area contributed by atoms with E-state index in [1.807, 2.05) is 0 Å². The smallest absolute Gasteiger partial charge is 0.226 e. The molecule has 0 aromatic heterocycles. The molecule has 0 aromatic carbocycles. The summed E-state index contributed by atoms with van der Waals surface area (Å²) in [6.07, 6.45) is 0.751. The number of hydrogen-bond acceptors (Lipinski definition) is 1. The third-order valence-corrected chi connectivity index (χ3v) is 1.93. The van der Waals surface area contributed by atoms with Crippen LogP contribution in [0.4, 0.5) is 8.78 Å². The molecule has 0 bridgehead atoms. The Labute approximate surface area is 64.0 Å². The van der Waals surface area contributed by atoms with Gasteiger partial charge in [0.05, 0.1) is 12.6 Å². The molecule has 1 aliphatic heterocycles. The van der Waals surface area contributed by atoms with E-state index in [2.05, 4.69) is 5.32 Å².